The number of anilines is 1. The Kier molecular flexibility index (Phi) is 4.04. The van der Waals surface area contributed by atoms with Crippen LogP contribution in [-0.4, -0.2) is 18.9 Å². The zero-order chi connectivity index (χ0) is 17.4. The molecule has 2 aromatic carbocycles. The van der Waals surface area contributed by atoms with E-state index in [0.717, 1.165) is 19.3 Å². The van der Waals surface area contributed by atoms with Gasteiger partial charge in [0.15, 0.2) is 0 Å². The fourth-order valence-corrected chi connectivity index (χ4v) is 4.19. The van der Waals surface area contributed by atoms with Crippen molar-refractivity contribution >= 4 is 17.5 Å². The maximum absolute atomic E-state index is 13.0. The lowest BCUT2D eigenvalue weighted by atomic mass is 9.73. The topological polar surface area (TPSA) is 46.6 Å². The number of benzene rings is 2. The third kappa shape index (κ3) is 2.72. The van der Waals surface area contributed by atoms with Gasteiger partial charge >= 0.3 is 0 Å². The minimum atomic E-state index is -0.200. The van der Waals surface area contributed by atoms with E-state index in [-0.39, 0.29) is 23.7 Å². The maximum Gasteiger partial charge on any atom is 0.237 e. The lowest BCUT2D eigenvalue weighted by molar-refractivity contribution is -0.122. The SMILES string of the molecule is COc1ccc(N2C(=O)[C@@H]3CC[C@@H](c4ccccc4)C[C@H]3C2=O)cc1. The largest absolute Gasteiger partial charge is 0.497 e. The Hall–Kier alpha value is -2.62. The first kappa shape index (κ1) is 15.9. The number of imide groups is 1. The van der Waals surface area contributed by atoms with Crippen molar-refractivity contribution in [2.75, 3.05) is 12.0 Å². The van der Waals surface area contributed by atoms with Gasteiger partial charge in [-0.2, -0.15) is 0 Å². The fraction of sp³-hybridized carbons (Fsp3) is 0.333. The van der Waals surface area contributed by atoms with E-state index in [0.29, 0.717) is 17.4 Å². The standard InChI is InChI=1S/C21H21NO3/c1-25-17-10-8-16(9-11-17)22-20(23)18-12-7-15(13-19(18)21(22)24)14-5-3-2-4-6-14/h2-6,8-11,15,18-19H,7,12-13H2,1H3/t15-,18-,19-/m1/s1. The molecule has 0 unspecified atom stereocenters. The van der Waals surface area contributed by atoms with E-state index in [4.69, 9.17) is 4.74 Å². The van der Waals surface area contributed by atoms with E-state index in [9.17, 15) is 9.59 Å². The molecule has 128 valence electrons. The van der Waals surface area contributed by atoms with Crippen LogP contribution in [0.3, 0.4) is 0 Å². The van der Waals surface area contributed by atoms with Gasteiger partial charge < -0.3 is 4.74 Å². The second-order valence-corrected chi connectivity index (χ2v) is 6.84. The highest BCUT2D eigenvalue weighted by atomic mass is 16.5. The first-order valence-corrected chi connectivity index (χ1v) is 8.76. The third-order valence-electron chi connectivity index (χ3n) is 5.53. The molecule has 3 atom stereocenters. The Morgan fingerprint density at radius 2 is 1.56 bits per heavy atom. The molecule has 1 heterocycles. The molecule has 2 fully saturated rings. The van der Waals surface area contributed by atoms with Crippen LogP contribution in [0, 0.1) is 11.8 Å². The minimum absolute atomic E-state index is 0.0494. The highest BCUT2D eigenvalue weighted by molar-refractivity contribution is 6.22. The number of hydrogen-bond donors (Lipinski definition) is 0. The molecule has 0 bridgehead atoms. The second-order valence-electron chi connectivity index (χ2n) is 6.84. The Morgan fingerprint density at radius 3 is 2.24 bits per heavy atom. The monoisotopic (exact) mass is 335 g/mol. The van der Waals surface area contributed by atoms with Crippen molar-refractivity contribution in [1.29, 1.82) is 0 Å². The summed E-state index contributed by atoms with van der Waals surface area (Å²) in [6, 6.07) is 17.4. The molecule has 1 saturated heterocycles. The van der Waals surface area contributed by atoms with E-state index in [1.54, 1.807) is 31.4 Å². The van der Waals surface area contributed by atoms with Gasteiger partial charge in [-0.3, -0.25) is 14.5 Å². The van der Waals surface area contributed by atoms with E-state index < -0.39 is 0 Å². The molecule has 1 aliphatic carbocycles. The van der Waals surface area contributed by atoms with Crippen molar-refractivity contribution in [2.45, 2.75) is 25.2 Å². The molecule has 4 heteroatoms. The van der Waals surface area contributed by atoms with E-state index >= 15 is 0 Å². The summed E-state index contributed by atoms with van der Waals surface area (Å²) in [5.74, 6) is 0.593. The maximum atomic E-state index is 13.0. The number of rotatable bonds is 3. The summed E-state index contributed by atoms with van der Waals surface area (Å²) in [6.45, 7) is 0. The zero-order valence-electron chi connectivity index (χ0n) is 14.2. The van der Waals surface area contributed by atoms with Crippen LogP contribution in [-0.2, 0) is 9.59 Å². The molecule has 2 amide bonds. The van der Waals surface area contributed by atoms with Gasteiger partial charge in [0.25, 0.3) is 0 Å². The highest BCUT2D eigenvalue weighted by Gasteiger charge is 2.50. The molecular weight excluding hydrogens is 314 g/mol. The van der Waals surface area contributed by atoms with Crippen molar-refractivity contribution in [3.05, 3.63) is 60.2 Å². The van der Waals surface area contributed by atoms with Gasteiger partial charge in [0, 0.05) is 0 Å². The number of methoxy groups -OCH3 is 1. The van der Waals surface area contributed by atoms with E-state index in [2.05, 4.69) is 12.1 Å². The average Bonchev–Trinajstić information content (AvgIpc) is 2.93. The smallest absolute Gasteiger partial charge is 0.237 e. The minimum Gasteiger partial charge on any atom is -0.497 e. The summed E-state index contributed by atoms with van der Waals surface area (Å²) in [6.07, 6.45) is 2.49. The second kappa shape index (κ2) is 6.36. The van der Waals surface area contributed by atoms with Crippen LogP contribution in [0.1, 0.15) is 30.7 Å². The molecule has 2 aliphatic rings. The zero-order valence-corrected chi connectivity index (χ0v) is 14.2. The molecule has 1 saturated carbocycles. The number of fused-ring (bicyclic) bond motifs is 1. The van der Waals surface area contributed by atoms with Crippen LogP contribution >= 0.6 is 0 Å². The highest BCUT2D eigenvalue weighted by Crippen LogP contribution is 2.45. The van der Waals surface area contributed by atoms with Crippen molar-refractivity contribution < 1.29 is 14.3 Å². The number of ether oxygens (including phenoxy) is 1. The van der Waals surface area contributed by atoms with Crippen molar-refractivity contribution in [1.82, 2.24) is 0 Å². The summed E-state index contributed by atoms with van der Waals surface area (Å²) < 4.78 is 5.15. The number of carbonyl (C=O) groups is 2. The predicted molar refractivity (Wildman–Crippen MR) is 95.5 cm³/mol. The van der Waals surface area contributed by atoms with E-state index in [1.807, 2.05) is 18.2 Å². The molecular formula is C21H21NO3. The summed E-state index contributed by atoms with van der Waals surface area (Å²) in [4.78, 5) is 27.2. The van der Waals surface area contributed by atoms with Crippen LogP contribution in [0.2, 0.25) is 0 Å². The third-order valence-corrected chi connectivity index (χ3v) is 5.53. The van der Waals surface area contributed by atoms with Gasteiger partial charge in [0.2, 0.25) is 11.8 Å². The summed E-state index contributed by atoms with van der Waals surface area (Å²) in [7, 11) is 1.60. The van der Waals surface area contributed by atoms with Crippen LogP contribution in [0.25, 0.3) is 0 Å². The molecule has 0 spiro atoms. The number of amides is 2. The summed E-state index contributed by atoms with van der Waals surface area (Å²) in [5, 5.41) is 0. The first-order valence-electron chi connectivity index (χ1n) is 8.76. The summed E-state index contributed by atoms with van der Waals surface area (Å²) in [5.41, 5.74) is 1.91. The van der Waals surface area contributed by atoms with Gasteiger partial charge in [-0.05, 0) is 55.0 Å². The molecule has 4 nitrogen and oxygen atoms in total. The quantitative estimate of drug-likeness (QED) is 0.802. The number of carbonyl (C=O) groups excluding carboxylic acids is 2. The summed E-state index contributed by atoms with van der Waals surface area (Å²) >= 11 is 0. The Labute approximate surface area is 147 Å². The van der Waals surface area contributed by atoms with Gasteiger partial charge in [-0.15, -0.1) is 0 Å². The van der Waals surface area contributed by atoms with Crippen LogP contribution in [0.5, 0.6) is 5.75 Å². The molecule has 0 aromatic heterocycles. The van der Waals surface area contributed by atoms with Gasteiger partial charge in [-0.25, -0.2) is 0 Å². The molecule has 0 N–H and O–H groups in total. The Morgan fingerprint density at radius 1 is 0.880 bits per heavy atom. The lowest BCUT2D eigenvalue weighted by Crippen LogP contribution is -2.30. The Balaban J connectivity index is 1.58. The predicted octanol–water partition coefficient (Wildman–Crippen LogP) is 3.77. The molecule has 0 radical (unpaired) electrons. The molecule has 1 aliphatic heterocycles. The number of hydrogen-bond acceptors (Lipinski definition) is 3. The first-order chi connectivity index (χ1) is 12.2. The average molecular weight is 335 g/mol. The van der Waals surface area contributed by atoms with Crippen LogP contribution < -0.4 is 9.64 Å². The van der Waals surface area contributed by atoms with Crippen LogP contribution in [0.4, 0.5) is 5.69 Å². The van der Waals surface area contributed by atoms with Gasteiger partial charge in [-0.1, -0.05) is 30.3 Å². The molecule has 2 aromatic rings. The van der Waals surface area contributed by atoms with Gasteiger partial charge in [0.05, 0.1) is 24.6 Å². The van der Waals surface area contributed by atoms with Crippen molar-refractivity contribution in [3.8, 4) is 5.75 Å². The molecule has 25 heavy (non-hydrogen) atoms. The van der Waals surface area contributed by atoms with Crippen molar-refractivity contribution in [3.63, 3.8) is 0 Å². The molecule has 4 rings (SSSR count). The lowest BCUT2D eigenvalue weighted by Gasteiger charge is -2.28. The fourth-order valence-electron chi connectivity index (χ4n) is 4.19. The van der Waals surface area contributed by atoms with Gasteiger partial charge in [0.1, 0.15) is 5.75 Å². The van der Waals surface area contributed by atoms with Crippen LogP contribution in [0.15, 0.2) is 54.6 Å². The number of nitrogens with zero attached hydrogens (tertiary/aromatic N) is 1. The Bertz CT molecular complexity index is 785. The van der Waals surface area contributed by atoms with E-state index in [1.165, 1.54) is 10.5 Å². The normalized spacial score (nSPS) is 25.8. The van der Waals surface area contributed by atoms with Crippen molar-refractivity contribution in [2.24, 2.45) is 11.8 Å².